The minimum atomic E-state index is -1.03. The third-order valence-electron chi connectivity index (χ3n) is 2.92. The largest absolute Gasteiger partial charge is 0.497 e. The minimum Gasteiger partial charge on any atom is -0.497 e. The van der Waals surface area contributed by atoms with E-state index < -0.39 is 23.6 Å². The van der Waals surface area contributed by atoms with Gasteiger partial charge >= 0.3 is 0 Å². The SMILES string of the molecule is COc1ccc2c(c1)N(CC(N)C(N)=O)C(=O)C2=O. The highest BCUT2D eigenvalue weighted by Gasteiger charge is 2.37. The molecule has 100 valence electrons. The number of hydrogen-bond donors (Lipinski definition) is 2. The van der Waals surface area contributed by atoms with Crippen LogP contribution in [0.4, 0.5) is 5.69 Å². The van der Waals surface area contributed by atoms with E-state index in [4.69, 9.17) is 16.2 Å². The molecule has 1 aromatic carbocycles. The highest BCUT2D eigenvalue weighted by Crippen LogP contribution is 2.32. The Morgan fingerprint density at radius 2 is 2.11 bits per heavy atom. The number of fused-ring (bicyclic) bond motifs is 1. The number of nitrogens with two attached hydrogens (primary N) is 2. The number of amides is 2. The van der Waals surface area contributed by atoms with Crippen LogP contribution in [0.3, 0.4) is 0 Å². The molecule has 1 unspecified atom stereocenters. The van der Waals surface area contributed by atoms with Crippen molar-refractivity contribution in [1.82, 2.24) is 0 Å². The first-order valence-corrected chi connectivity index (χ1v) is 5.55. The lowest BCUT2D eigenvalue weighted by Gasteiger charge is -2.19. The van der Waals surface area contributed by atoms with E-state index >= 15 is 0 Å². The first kappa shape index (κ1) is 13.0. The average Bonchev–Trinajstić information content (AvgIpc) is 2.63. The second kappa shape index (κ2) is 4.69. The van der Waals surface area contributed by atoms with E-state index in [1.807, 2.05) is 0 Å². The molecule has 1 atom stereocenters. The quantitative estimate of drug-likeness (QED) is 0.678. The number of nitrogens with zero attached hydrogens (tertiary/aromatic N) is 1. The van der Waals surface area contributed by atoms with Crippen molar-refractivity contribution in [3.63, 3.8) is 0 Å². The summed E-state index contributed by atoms with van der Waals surface area (Å²) in [5.41, 5.74) is 11.2. The number of carbonyl (C=O) groups is 3. The average molecular weight is 263 g/mol. The van der Waals surface area contributed by atoms with E-state index in [2.05, 4.69) is 0 Å². The molecule has 7 heteroatoms. The minimum absolute atomic E-state index is 0.139. The van der Waals surface area contributed by atoms with Crippen molar-refractivity contribution < 1.29 is 19.1 Å². The number of hydrogen-bond acceptors (Lipinski definition) is 5. The molecule has 2 amide bonds. The first-order valence-electron chi connectivity index (χ1n) is 5.55. The molecule has 4 N–H and O–H groups in total. The molecule has 0 spiro atoms. The number of methoxy groups -OCH3 is 1. The Morgan fingerprint density at radius 1 is 1.42 bits per heavy atom. The molecule has 2 rings (SSSR count). The molecule has 19 heavy (non-hydrogen) atoms. The van der Waals surface area contributed by atoms with Gasteiger partial charge in [-0.05, 0) is 12.1 Å². The maximum atomic E-state index is 11.8. The molecular formula is C12H13N3O4. The summed E-state index contributed by atoms with van der Waals surface area (Å²) in [4.78, 5) is 35.7. The van der Waals surface area contributed by atoms with E-state index in [0.717, 1.165) is 4.90 Å². The van der Waals surface area contributed by atoms with Gasteiger partial charge in [-0.2, -0.15) is 0 Å². The van der Waals surface area contributed by atoms with Crippen molar-refractivity contribution in [2.75, 3.05) is 18.6 Å². The van der Waals surface area contributed by atoms with Gasteiger partial charge in [0.25, 0.3) is 11.7 Å². The molecule has 7 nitrogen and oxygen atoms in total. The smallest absolute Gasteiger partial charge is 0.299 e. The van der Waals surface area contributed by atoms with E-state index in [1.54, 1.807) is 12.1 Å². The maximum absolute atomic E-state index is 11.8. The van der Waals surface area contributed by atoms with Crippen LogP contribution >= 0.6 is 0 Å². The summed E-state index contributed by atoms with van der Waals surface area (Å²) in [5, 5.41) is 0. The van der Waals surface area contributed by atoms with Gasteiger partial charge < -0.3 is 21.1 Å². The van der Waals surface area contributed by atoms with Crippen LogP contribution in [-0.2, 0) is 9.59 Å². The zero-order valence-electron chi connectivity index (χ0n) is 10.3. The summed E-state index contributed by atoms with van der Waals surface area (Å²) < 4.78 is 5.04. The van der Waals surface area contributed by atoms with E-state index in [-0.39, 0.29) is 12.1 Å². The van der Waals surface area contributed by atoms with Gasteiger partial charge in [0, 0.05) is 6.07 Å². The van der Waals surface area contributed by atoms with Crippen molar-refractivity contribution in [3.8, 4) is 5.75 Å². The fourth-order valence-corrected chi connectivity index (χ4v) is 1.87. The van der Waals surface area contributed by atoms with Crippen molar-refractivity contribution in [3.05, 3.63) is 23.8 Å². The van der Waals surface area contributed by atoms with Crippen LogP contribution < -0.4 is 21.1 Å². The highest BCUT2D eigenvalue weighted by atomic mass is 16.5. The van der Waals surface area contributed by atoms with Gasteiger partial charge in [-0.15, -0.1) is 0 Å². The van der Waals surface area contributed by atoms with E-state index in [1.165, 1.54) is 13.2 Å². The lowest BCUT2D eigenvalue weighted by molar-refractivity contribution is -0.119. The second-order valence-corrected chi connectivity index (χ2v) is 4.14. The number of ketones is 1. The topological polar surface area (TPSA) is 116 Å². The van der Waals surface area contributed by atoms with E-state index in [0.29, 0.717) is 11.4 Å². The second-order valence-electron chi connectivity index (χ2n) is 4.14. The molecule has 0 saturated carbocycles. The Morgan fingerprint density at radius 3 is 2.68 bits per heavy atom. The summed E-state index contributed by atoms with van der Waals surface area (Å²) in [7, 11) is 1.47. The van der Waals surface area contributed by atoms with Crippen molar-refractivity contribution in [2.45, 2.75) is 6.04 Å². The van der Waals surface area contributed by atoms with Crippen molar-refractivity contribution >= 4 is 23.3 Å². The van der Waals surface area contributed by atoms with Gasteiger partial charge in [0.2, 0.25) is 5.91 Å². The molecule has 0 aromatic heterocycles. The molecule has 1 aliphatic heterocycles. The summed E-state index contributed by atoms with van der Waals surface area (Å²) in [6, 6.07) is 3.60. The van der Waals surface area contributed by atoms with Crippen LogP contribution in [0, 0.1) is 0 Å². The lowest BCUT2D eigenvalue weighted by atomic mass is 10.1. The fourth-order valence-electron chi connectivity index (χ4n) is 1.87. The molecule has 1 aromatic rings. The van der Waals surface area contributed by atoms with Gasteiger partial charge in [0.05, 0.1) is 24.9 Å². The summed E-state index contributed by atoms with van der Waals surface area (Å²) in [6.07, 6.45) is 0. The molecule has 1 heterocycles. The van der Waals surface area contributed by atoms with E-state index in [9.17, 15) is 14.4 Å². The number of carbonyl (C=O) groups excluding carboxylic acids is 3. The van der Waals surface area contributed by atoms with Crippen LogP contribution in [-0.4, -0.2) is 37.3 Å². The van der Waals surface area contributed by atoms with Gasteiger partial charge in [-0.3, -0.25) is 14.4 Å². The van der Waals surface area contributed by atoms with Crippen molar-refractivity contribution in [2.24, 2.45) is 11.5 Å². The Labute approximate surface area is 109 Å². The third-order valence-corrected chi connectivity index (χ3v) is 2.92. The Hall–Kier alpha value is -2.41. The molecule has 1 aliphatic rings. The van der Waals surface area contributed by atoms with Crippen molar-refractivity contribution in [1.29, 1.82) is 0 Å². The Bertz CT molecular complexity index is 570. The van der Waals surface area contributed by atoms with Crippen LogP contribution in [0.15, 0.2) is 18.2 Å². The third kappa shape index (κ3) is 2.15. The van der Waals surface area contributed by atoms with Crippen LogP contribution in [0.5, 0.6) is 5.75 Å². The Kier molecular flexibility index (Phi) is 3.22. The number of rotatable bonds is 4. The fraction of sp³-hybridized carbons (Fsp3) is 0.250. The standard InChI is InChI=1S/C12H13N3O4/c1-19-6-2-3-7-9(4-6)15(12(18)10(7)16)5-8(13)11(14)17/h2-4,8H,5,13H2,1H3,(H2,14,17). The van der Waals surface area contributed by atoms with Gasteiger partial charge in [0.1, 0.15) is 11.8 Å². The molecular weight excluding hydrogens is 250 g/mol. The summed E-state index contributed by atoms with van der Waals surface area (Å²) in [6.45, 7) is -0.139. The zero-order chi connectivity index (χ0) is 14.2. The molecule has 0 bridgehead atoms. The van der Waals surface area contributed by atoms with Gasteiger partial charge in [0.15, 0.2) is 0 Å². The number of ether oxygens (including phenoxy) is 1. The van der Waals surface area contributed by atoms with Crippen LogP contribution in [0.25, 0.3) is 0 Å². The number of anilines is 1. The summed E-state index contributed by atoms with van der Waals surface area (Å²) >= 11 is 0. The molecule has 0 fully saturated rings. The van der Waals surface area contributed by atoms with Crippen LogP contribution in [0.2, 0.25) is 0 Å². The number of Topliss-reactive ketones (excluding diaryl/α,β-unsaturated/α-hetero) is 1. The summed E-state index contributed by atoms with van der Waals surface area (Å²) in [5.74, 6) is -1.59. The number of benzene rings is 1. The maximum Gasteiger partial charge on any atom is 0.299 e. The normalized spacial score (nSPS) is 15.4. The lowest BCUT2D eigenvalue weighted by Crippen LogP contribution is -2.47. The van der Waals surface area contributed by atoms with Gasteiger partial charge in [-0.25, -0.2) is 0 Å². The number of primary amides is 1. The first-order chi connectivity index (χ1) is 8.95. The molecule has 0 aliphatic carbocycles. The molecule has 0 radical (unpaired) electrons. The Balaban J connectivity index is 2.39. The van der Waals surface area contributed by atoms with Gasteiger partial charge in [-0.1, -0.05) is 0 Å². The zero-order valence-corrected chi connectivity index (χ0v) is 10.3. The predicted octanol–water partition coefficient (Wildman–Crippen LogP) is -0.963. The van der Waals surface area contributed by atoms with Crippen LogP contribution in [0.1, 0.15) is 10.4 Å². The monoisotopic (exact) mass is 263 g/mol. The predicted molar refractivity (Wildman–Crippen MR) is 66.8 cm³/mol. The highest BCUT2D eigenvalue weighted by molar-refractivity contribution is 6.52. The molecule has 0 saturated heterocycles.